The second-order valence-corrected chi connectivity index (χ2v) is 9.09. The second kappa shape index (κ2) is 2.38. The molecule has 0 aliphatic heterocycles. The molecule has 0 spiro atoms. The standard InChI is InChI=1S/CH4Cl3NSi/c1-5-6(2,3)4/h5H,1H3. The molecule has 0 saturated carbocycles. The maximum absolute atomic E-state index is 5.28. The summed E-state index contributed by atoms with van der Waals surface area (Å²) in [5.41, 5.74) is 0. The van der Waals surface area contributed by atoms with Crippen LogP contribution in [0.5, 0.6) is 0 Å². The van der Waals surface area contributed by atoms with E-state index in [4.69, 9.17) is 33.2 Å². The topological polar surface area (TPSA) is 12.0 Å². The van der Waals surface area contributed by atoms with E-state index in [9.17, 15) is 0 Å². The predicted molar refractivity (Wildman–Crippen MR) is 32.4 cm³/mol. The molecule has 0 fully saturated rings. The zero-order chi connectivity index (χ0) is 5.21. The molecule has 1 nitrogen and oxygen atoms in total. The molecule has 0 aliphatic rings. The van der Waals surface area contributed by atoms with E-state index in [1.54, 1.807) is 7.05 Å². The highest BCUT2D eigenvalue weighted by Crippen LogP contribution is 2.13. The lowest BCUT2D eigenvalue weighted by atomic mass is 11.6. The highest BCUT2D eigenvalue weighted by molar-refractivity contribution is 7.63. The first kappa shape index (κ1) is 7.05. The molecular formula is CH4Cl3NSi. The quantitative estimate of drug-likeness (QED) is 0.456. The van der Waals surface area contributed by atoms with Crippen molar-refractivity contribution in [2.45, 2.75) is 0 Å². The van der Waals surface area contributed by atoms with Gasteiger partial charge in [0, 0.05) is 0 Å². The third-order valence-corrected chi connectivity index (χ3v) is 2.55. The molecular weight excluding hydrogens is 160 g/mol. The van der Waals surface area contributed by atoms with Crippen molar-refractivity contribution < 1.29 is 0 Å². The molecule has 0 aromatic rings. The Morgan fingerprint density at radius 3 is 1.50 bits per heavy atom. The Labute approximate surface area is 51.8 Å². The van der Waals surface area contributed by atoms with Gasteiger partial charge >= 0.3 is 6.16 Å². The lowest BCUT2D eigenvalue weighted by Crippen LogP contribution is -2.29. The molecule has 0 amide bonds. The van der Waals surface area contributed by atoms with Gasteiger partial charge in [-0.25, -0.2) is 0 Å². The third-order valence-electron chi connectivity index (χ3n) is 0.283. The lowest BCUT2D eigenvalue weighted by molar-refractivity contribution is 1.25. The smallest absolute Gasteiger partial charge is 0.304 e. The van der Waals surface area contributed by atoms with Crippen LogP contribution >= 0.6 is 33.2 Å². The third kappa shape index (κ3) is 5.05. The maximum atomic E-state index is 5.28. The summed E-state index contributed by atoms with van der Waals surface area (Å²) in [5, 5.41) is 0. The van der Waals surface area contributed by atoms with Crippen LogP contribution in [0.3, 0.4) is 0 Å². The van der Waals surface area contributed by atoms with Crippen LogP contribution in [0.2, 0.25) is 0 Å². The van der Waals surface area contributed by atoms with Crippen LogP contribution in [0.1, 0.15) is 0 Å². The summed E-state index contributed by atoms with van der Waals surface area (Å²) in [6.45, 7) is 0. The highest BCUT2D eigenvalue weighted by atomic mass is 35.8. The fraction of sp³-hybridized carbons (Fsp3) is 1.00. The Hall–Kier alpha value is 1.05. The average Bonchev–Trinajstić information content (AvgIpc) is 1.35. The van der Waals surface area contributed by atoms with Gasteiger partial charge < -0.3 is 4.98 Å². The summed E-state index contributed by atoms with van der Waals surface area (Å²) in [5.74, 6) is 0. The van der Waals surface area contributed by atoms with Crippen LogP contribution in [0.25, 0.3) is 0 Å². The van der Waals surface area contributed by atoms with Crippen molar-refractivity contribution >= 4 is 39.4 Å². The van der Waals surface area contributed by atoms with Gasteiger partial charge in [-0.05, 0) is 7.05 Å². The fourth-order valence-electron chi connectivity index (χ4n) is 0. The van der Waals surface area contributed by atoms with Gasteiger partial charge in [0.2, 0.25) is 0 Å². The minimum atomic E-state index is -2.46. The lowest BCUT2D eigenvalue weighted by Gasteiger charge is -2.00. The SMILES string of the molecule is CN[Si](Cl)(Cl)Cl. The van der Waals surface area contributed by atoms with Gasteiger partial charge in [0.15, 0.2) is 0 Å². The molecule has 0 bridgehead atoms. The van der Waals surface area contributed by atoms with E-state index in [0.29, 0.717) is 0 Å². The molecule has 0 aliphatic carbocycles. The van der Waals surface area contributed by atoms with E-state index in [2.05, 4.69) is 4.98 Å². The minimum absolute atomic E-state index is 1.62. The Kier molecular flexibility index (Phi) is 2.79. The number of rotatable bonds is 1. The van der Waals surface area contributed by atoms with E-state index in [1.807, 2.05) is 0 Å². The van der Waals surface area contributed by atoms with Crippen molar-refractivity contribution in [3.8, 4) is 0 Å². The van der Waals surface area contributed by atoms with Crippen molar-refractivity contribution in [3.63, 3.8) is 0 Å². The maximum Gasteiger partial charge on any atom is 0.421 e. The van der Waals surface area contributed by atoms with Crippen molar-refractivity contribution in [1.82, 2.24) is 4.98 Å². The zero-order valence-corrected chi connectivity index (χ0v) is 6.40. The van der Waals surface area contributed by atoms with E-state index in [-0.39, 0.29) is 0 Å². The largest absolute Gasteiger partial charge is 0.421 e. The molecule has 0 heterocycles. The number of halogens is 3. The van der Waals surface area contributed by atoms with Gasteiger partial charge in [-0.15, -0.1) is 33.2 Å². The first-order valence-corrected chi connectivity index (χ1v) is 6.35. The highest BCUT2D eigenvalue weighted by Gasteiger charge is 2.21. The summed E-state index contributed by atoms with van der Waals surface area (Å²) in [6, 6.07) is 0. The van der Waals surface area contributed by atoms with Crippen LogP contribution in [0.4, 0.5) is 0 Å². The first-order valence-electron chi connectivity index (χ1n) is 1.32. The number of hydrogen-bond donors (Lipinski definition) is 1. The van der Waals surface area contributed by atoms with Gasteiger partial charge in [-0.1, -0.05) is 0 Å². The Morgan fingerprint density at radius 1 is 1.33 bits per heavy atom. The summed E-state index contributed by atoms with van der Waals surface area (Å²) in [6.07, 6.45) is -2.46. The monoisotopic (exact) mass is 163 g/mol. The average molecular weight is 164 g/mol. The molecule has 0 aromatic heterocycles. The molecule has 0 aromatic carbocycles. The van der Waals surface area contributed by atoms with Gasteiger partial charge in [-0.2, -0.15) is 0 Å². The van der Waals surface area contributed by atoms with Crippen molar-refractivity contribution in [2.75, 3.05) is 7.05 Å². The fourth-order valence-corrected chi connectivity index (χ4v) is 0. The molecule has 6 heavy (non-hydrogen) atoms. The number of nitrogens with one attached hydrogen (secondary N) is 1. The van der Waals surface area contributed by atoms with Gasteiger partial charge in [-0.3, -0.25) is 0 Å². The van der Waals surface area contributed by atoms with Crippen LogP contribution in [-0.4, -0.2) is 13.2 Å². The van der Waals surface area contributed by atoms with Gasteiger partial charge in [0.25, 0.3) is 0 Å². The number of hydrogen-bond acceptors (Lipinski definition) is 1. The van der Waals surface area contributed by atoms with E-state index >= 15 is 0 Å². The Morgan fingerprint density at radius 2 is 1.50 bits per heavy atom. The minimum Gasteiger partial charge on any atom is -0.304 e. The van der Waals surface area contributed by atoms with Crippen LogP contribution in [0, 0.1) is 0 Å². The molecule has 0 rings (SSSR count). The first-order chi connectivity index (χ1) is 2.56. The molecule has 1 N–H and O–H groups in total. The van der Waals surface area contributed by atoms with Crippen molar-refractivity contribution in [3.05, 3.63) is 0 Å². The molecule has 0 saturated heterocycles. The van der Waals surface area contributed by atoms with Gasteiger partial charge in [0.05, 0.1) is 0 Å². The predicted octanol–water partition coefficient (Wildman–Crippen LogP) is 1.36. The normalized spacial score (nSPS) is 12.0. The Bertz CT molecular complexity index is 40.5. The summed E-state index contributed by atoms with van der Waals surface area (Å²) in [4.78, 5) is 2.54. The molecule has 0 radical (unpaired) electrons. The van der Waals surface area contributed by atoms with Crippen molar-refractivity contribution in [2.24, 2.45) is 0 Å². The summed E-state index contributed by atoms with van der Waals surface area (Å²) < 4.78 is 0. The second-order valence-electron chi connectivity index (χ2n) is 0.748. The van der Waals surface area contributed by atoms with Crippen LogP contribution < -0.4 is 4.98 Å². The van der Waals surface area contributed by atoms with Gasteiger partial charge in [0.1, 0.15) is 0 Å². The Balaban J connectivity index is 3.17. The van der Waals surface area contributed by atoms with Crippen LogP contribution in [-0.2, 0) is 0 Å². The summed E-state index contributed by atoms with van der Waals surface area (Å²) >= 11 is 15.8. The molecule has 0 atom stereocenters. The van der Waals surface area contributed by atoms with E-state index in [1.165, 1.54) is 0 Å². The molecule has 38 valence electrons. The van der Waals surface area contributed by atoms with E-state index in [0.717, 1.165) is 0 Å². The zero-order valence-electron chi connectivity index (χ0n) is 3.13. The molecule has 5 heteroatoms. The molecule has 0 unspecified atom stereocenters. The van der Waals surface area contributed by atoms with Crippen LogP contribution in [0.15, 0.2) is 0 Å². The summed E-state index contributed by atoms with van der Waals surface area (Å²) in [7, 11) is 1.62. The van der Waals surface area contributed by atoms with Crippen molar-refractivity contribution in [1.29, 1.82) is 0 Å². The van der Waals surface area contributed by atoms with E-state index < -0.39 is 6.16 Å².